The van der Waals surface area contributed by atoms with Gasteiger partial charge in [-0.25, -0.2) is 4.79 Å². The number of H-pyrrole nitrogens is 1. The lowest BCUT2D eigenvalue weighted by Gasteiger charge is -2.17. The van der Waals surface area contributed by atoms with Crippen molar-refractivity contribution in [3.63, 3.8) is 0 Å². The molecule has 0 unspecified atom stereocenters. The topological polar surface area (TPSA) is 87.1 Å². The van der Waals surface area contributed by atoms with Gasteiger partial charge in [-0.2, -0.15) is 5.10 Å². The third-order valence-electron chi connectivity index (χ3n) is 5.19. The Morgan fingerprint density at radius 3 is 2.85 bits per heavy atom. The highest BCUT2D eigenvalue weighted by Gasteiger charge is 2.18. The van der Waals surface area contributed by atoms with Crippen molar-refractivity contribution in [3.8, 4) is 0 Å². The lowest BCUT2D eigenvalue weighted by Crippen LogP contribution is -2.37. The summed E-state index contributed by atoms with van der Waals surface area (Å²) in [6, 6.07) is -0.0610. The van der Waals surface area contributed by atoms with Gasteiger partial charge in [0.05, 0.1) is 17.9 Å². The van der Waals surface area contributed by atoms with E-state index in [9.17, 15) is 4.79 Å². The first-order valence-electron chi connectivity index (χ1n) is 9.52. The van der Waals surface area contributed by atoms with Gasteiger partial charge in [-0.15, -0.1) is 0 Å². The number of aromatic amines is 1. The first kappa shape index (κ1) is 18.5. The van der Waals surface area contributed by atoms with Crippen LogP contribution in [0.5, 0.6) is 0 Å². The van der Waals surface area contributed by atoms with E-state index in [0.29, 0.717) is 13.1 Å². The van der Waals surface area contributed by atoms with Crippen LogP contribution in [0.25, 0.3) is 0 Å². The maximum atomic E-state index is 12.3. The number of urea groups is 1. The molecule has 7 heteroatoms. The van der Waals surface area contributed by atoms with Crippen molar-refractivity contribution < 1.29 is 9.32 Å². The van der Waals surface area contributed by atoms with Crippen molar-refractivity contribution in [1.29, 1.82) is 0 Å². The number of hydrogen-bond donors (Lipinski definition) is 2. The molecule has 0 aromatic carbocycles. The number of nitrogens with one attached hydrogen (secondary N) is 2. The number of amides is 2. The standard InChI is InChI=1S/C19H29N5O2/c1-13-15(14(2)26-23-13)9-7-11-20-19(25)24(3)12-18-16-8-5-4-6-10-17(16)21-22-18/h4-12H2,1-3H3,(H,20,25)(H,21,22). The second-order valence-electron chi connectivity index (χ2n) is 7.18. The molecule has 2 N–H and O–H groups in total. The third kappa shape index (κ3) is 4.26. The van der Waals surface area contributed by atoms with Gasteiger partial charge < -0.3 is 14.7 Å². The molecule has 0 atom stereocenters. The van der Waals surface area contributed by atoms with Gasteiger partial charge in [0.25, 0.3) is 0 Å². The normalized spacial score (nSPS) is 14.0. The van der Waals surface area contributed by atoms with Crippen LogP contribution < -0.4 is 5.32 Å². The Hall–Kier alpha value is -2.31. The van der Waals surface area contributed by atoms with Crippen LogP contribution in [0.4, 0.5) is 4.79 Å². The summed E-state index contributed by atoms with van der Waals surface area (Å²) in [7, 11) is 1.82. The van der Waals surface area contributed by atoms with Crippen molar-refractivity contribution in [2.75, 3.05) is 13.6 Å². The molecule has 2 heterocycles. The Morgan fingerprint density at radius 2 is 2.08 bits per heavy atom. The fraction of sp³-hybridized carbons (Fsp3) is 0.632. The van der Waals surface area contributed by atoms with E-state index in [1.165, 1.54) is 30.5 Å². The molecule has 0 saturated carbocycles. The Morgan fingerprint density at radius 1 is 1.27 bits per heavy atom. The van der Waals surface area contributed by atoms with Gasteiger partial charge in [-0.05, 0) is 57.9 Å². The highest BCUT2D eigenvalue weighted by atomic mass is 16.5. The number of carbonyl (C=O) groups is 1. The zero-order valence-corrected chi connectivity index (χ0v) is 16.0. The molecule has 26 heavy (non-hydrogen) atoms. The van der Waals surface area contributed by atoms with Gasteiger partial charge in [0.1, 0.15) is 5.76 Å². The lowest BCUT2D eigenvalue weighted by atomic mass is 10.1. The minimum Gasteiger partial charge on any atom is -0.361 e. The van der Waals surface area contributed by atoms with Crippen molar-refractivity contribution in [1.82, 2.24) is 25.6 Å². The van der Waals surface area contributed by atoms with Gasteiger partial charge in [0.2, 0.25) is 0 Å². The number of fused-ring (bicyclic) bond motifs is 1. The molecular formula is C19H29N5O2. The van der Waals surface area contributed by atoms with Crippen LogP contribution in [0, 0.1) is 13.8 Å². The highest BCUT2D eigenvalue weighted by molar-refractivity contribution is 5.73. The fourth-order valence-corrected chi connectivity index (χ4v) is 3.61. The predicted molar refractivity (Wildman–Crippen MR) is 99.0 cm³/mol. The summed E-state index contributed by atoms with van der Waals surface area (Å²) < 4.78 is 5.17. The van der Waals surface area contributed by atoms with E-state index in [1.807, 2.05) is 20.9 Å². The Balaban J connectivity index is 1.46. The summed E-state index contributed by atoms with van der Waals surface area (Å²) in [5.41, 5.74) is 5.67. The van der Waals surface area contributed by atoms with Gasteiger partial charge >= 0.3 is 6.03 Å². The molecule has 142 valence electrons. The monoisotopic (exact) mass is 359 g/mol. The van der Waals surface area contributed by atoms with Crippen LogP contribution in [-0.4, -0.2) is 39.9 Å². The zero-order valence-electron chi connectivity index (χ0n) is 16.0. The number of carbonyl (C=O) groups excluding carboxylic acids is 1. The number of hydrogen-bond acceptors (Lipinski definition) is 4. The second-order valence-corrected chi connectivity index (χ2v) is 7.18. The summed E-state index contributed by atoms with van der Waals surface area (Å²) in [5, 5.41) is 14.6. The van der Waals surface area contributed by atoms with Gasteiger partial charge in [0.15, 0.2) is 0 Å². The number of nitrogens with zero attached hydrogens (tertiary/aromatic N) is 3. The van der Waals surface area contributed by atoms with Crippen LogP contribution in [0.1, 0.15) is 59.7 Å². The molecule has 2 aromatic rings. The first-order valence-corrected chi connectivity index (χ1v) is 9.52. The molecule has 1 aliphatic carbocycles. The number of aryl methyl sites for hydroxylation is 3. The number of rotatable bonds is 6. The molecule has 0 bridgehead atoms. The summed E-state index contributed by atoms with van der Waals surface area (Å²) in [4.78, 5) is 14.1. The quantitative estimate of drug-likeness (QED) is 0.613. The Labute approximate surface area is 154 Å². The van der Waals surface area contributed by atoms with Crippen LogP contribution in [0.2, 0.25) is 0 Å². The Bertz CT molecular complexity index is 730. The molecule has 0 aliphatic heterocycles. The van der Waals surface area contributed by atoms with Crippen molar-refractivity contribution >= 4 is 6.03 Å². The summed E-state index contributed by atoms with van der Waals surface area (Å²) in [6.07, 6.45) is 7.54. The fourth-order valence-electron chi connectivity index (χ4n) is 3.61. The zero-order chi connectivity index (χ0) is 18.5. The van der Waals surface area contributed by atoms with E-state index < -0.39 is 0 Å². The summed E-state index contributed by atoms with van der Waals surface area (Å²) >= 11 is 0. The maximum absolute atomic E-state index is 12.3. The van der Waals surface area contributed by atoms with Gasteiger partial charge in [0, 0.05) is 24.8 Å². The van der Waals surface area contributed by atoms with E-state index in [1.54, 1.807) is 4.90 Å². The van der Waals surface area contributed by atoms with Gasteiger partial charge in [-0.3, -0.25) is 5.10 Å². The van der Waals surface area contributed by atoms with Crippen LogP contribution in [0.15, 0.2) is 4.52 Å². The molecule has 2 amide bonds. The summed E-state index contributed by atoms with van der Waals surface area (Å²) in [5.74, 6) is 0.866. The minimum absolute atomic E-state index is 0.0610. The molecule has 0 spiro atoms. The molecule has 1 aliphatic rings. The molecule has 7 nitrogen and oxygen atoms in total. The van der Waals surface area contributed by atoms with Crippen LogP contribution >= 0.6 is 0 Å². The smallest absolute Gasteiger partial charge is 0.317 e. The van der Waals surface area contributed by atoms with E-state index in [2.05, 4.69) is 20.7 Å². The van der Waals surface area contributed by atoms with Crippen molar-refractivity contribution in [3.05, 3.63) is 34.0 Å². The predicted octanol–water partition coefficient (Wildman–Crippen LogP) is 3.06. The second kappa shape index (κ2) is 8.38. The molecule has 0 radical (unpaired) electrons. The average Bonchev–Trinajstić information content (AvgIpc) is 3.04. The molecule has 0 saturated heterocycles. The van der Waals surface area contributed by atoms with E-state index in [0.717, 1.165) is 48.4 Å². The SMILES string of the molecule is Cc1noc(C)c1CCCNC(=O)N(C)Cc1n[nH]c2c1CCCCC2. The van der Waals surface area contributed by atoms with Crippen molar-refractivity contribution in [2.45, 2.75) is 65.3 Å². The van der Waals surface area contributed by atoms with E-state index in [4.69, 9.17) is 4.52 Å². The maximum Gasteiger partial charge on any atom is 0.317 e. The lowest BCUT2D eigenvalue weighted by molar-refractivity contribution is 0.206. The van der Waals surface area contributed by atoms with Crippen molar-refractivity contribution in [2.24, 2.45) is 0 Å². The first-order chi connectivity index (χ1) is 12.6. The van der Waals surface area contributed by atoms with Gasteiger partial charge in [-0.1, -0.05) is 11.6 Å². The van der Waals surface area contributed by atoms with E-state index >= 15 is 0 Å². The molecular weight excluding hydrogens is 330 g/mol. The highest BCUT2D eigenvalue weighted by Crippen LogP contribution is 2.22. The average molecular weight is 359 g/mol. The largest absolute Gasteiger partial charge is 0.361 e. The molecule has 0 fully saturated rings. The van der Waals surface area contributed by atoms with Crippen LogP contribution in [0.3, 0.4) is 0 Å². The number of aromatic nitrogens is 3. The summed E-state index contributed by atoms with van der Waals surface area (Å²) in [6.45, 7) is 5.05. The molecule has 2 aromatic heterocycles. The van der Waals surface area contributed by atoms with Crippen LogP contribution in [-0.2, 0) is 25.8 Å². The Kier molecular flexibility index (Phi) is 5.96. The van der Waals surface area contributed by atoms with E-state index in [-0.39, 0.29) is 6.03 Å². The minimum atomic E-state index is -0.0610. The third-order valence-corrected chi connectivity index (χ3v) is 5.19. The molecule has 3 rings (SSSR count).